The van der Waals surface area contributed by atoms with E-state index in [1.54, 1.807) is 23.5 Å². The molecule has 4 aromatic rings. The van der Waals surface area contributed by atoms with Crippen molar-refractivity contribution in [1.82, 2.24) is 14.9 Å². The first kappa shape index (κ1) is 23.9. The molecule has 1 saturated heterocycles. The highest BCUT2D eigenvalue weighted by atomic mass is 16.5. The van der Waals surface area contributed by atoms with Crippen LogP contribution >= 0.6 is 0 Å². The van der Waals surface area contributed by atoms with Crippen LogP contribution in [-0.4, -0.2) is 58.2 Å². The molecule has 36 heavy (non-hydrogen) atoms. The van der Waals surface area contributed by atoms with Gasteiger partial charge in [-0.05, 0) is 74.5 Å². The number of hydrogen-bond acceptors (Lipinski definition) is 6. The Kier molecular flexibility index (Phi) is 7.50. The molecule has 7 nitrogen and oxygen atoms in total. The molecule has 2 aromatic carbocycles. The van der Waals surface area contributed by atoms with Gasteiger partial charge in [-0.1, -0.05) is 24.3 Å². The molecule has 0 radical (unpaired) electrons. The van der Waals surface area contributed by atoms with Gasteiger partial charge in [0, 0.05) is 35.9 Å². The summed E-state index contributed by atoms with van der Waals surface area (Å²) in [5.74, 6) is 0.723. The molecule has 0 aliphatic carbocycles. The summed E-state index contributed by atoms with van der Waals surface area (Å²) < 4.78 is 5.93. The van der Waals surface area contributed by atoms with Gasteiger partial charge >= 0.3 is 0 Å². The van der Waals surface area contributed by atoms with Gasteiger partial charge in [-0.25, -0.2) is 0 Å². The minimum atomic E-state index is -0.625. The van der Waals surface area contributed by atoms with Crippen molar-refractivity contribution in [1.29, 1.82) is 0 Å². The molecule has 1 N–H and O–H groups in total. The molecule has 184 valence electrons. The van der Waals surface area contributed by atoms with Gasteiger partial charge in [0.05, 0.1) is 17.4 Å². The van der Waals surface area contributed by atoms with Gasteiger partial charge in [0.15, 0.2) is 0 Å². The Morgan fingerprint density at radius 2 is 1.75 bits per heavy atom. The fourth-order valence-electron chi connectivity index (χ4n) is 4.75. The summed E-state index contributed by atoms with van der Waals surface area (Å²) in [6.07, 6.45) is 6.05. The number of pyridine rings is 2. The Bertz CT molecular complexity index is 1230. The third-order valence-electron chi connectivity index (χ3n) is 6.58. The largest absolute Gasteiger partial charge is 0.490 e. The van der Waals surface area contributed by atoms with Crippen molar-refractivity contribution in [2.75, 3.05) is 31.1 Å². The van der Waals surface area contributed by atoms with E-state index >= 15 is 0 Å². The van der Waals surface area contributed by atoms with Crippen LogP contribution in [-0.2, 0) is 4.79 Å². The summed E-state index contributed by atoms with van der Waals surface area (Å²) in [6, 6.07) is 23.1. The highest BCUT2D eigenvalue weighted by molar-refractivity contribution is 6.01. The van der Waals surface area contributed by atoms with E-state index in [4.69, 9.17) is 4.74 Å². The molecule has 1 fully saturated rings. The third kappa shape index (κ3) is 5.53. The number of carbonyl (C=O) groups excluding carboxylic acids is 1. The van der Waals surface area contributed by atoms with Crippen LogP contribution in [0.4, 0.5) is 11.4 Å². The highest BCUT2D eigenvalue weighted by Gasteiger charge is 2.31. The lowest BCUT2D eigenvalue weighted by Crippen LogP contribution is -2.44. The number of likely N-dealkylation sites (tertiary alicyclic amines) is 1. The minimum absolute atomic E-state index is 0.0850. The van der Waals surface area contributed by atoms with E-state index < -0.39 is 6.10 Å². The number of aliphatic hydroxyl groups excluding tert-OH is 1. The molecule has 1 atom stereocenters. The molecule has 7 heteroatoms. The van der Waals surface area contributed by atoms with Crippen LogP contribution in [0.15, 0.2) is 91.4 Å². The molecule has 5 rings (SSSR count). The zero-order valence-electron chi connectivity index (χ0n) is 20.1. The quantitative estimate of drug-likeness (QED) is 0.400. The summed E-state index contributed by atoms with van der Waals surface area (Å²) >= 11 is 0. The number of rotatable bonds is 8. The minimum Gasteiger partial charge on any atom is -0.490 e. The topological polar surface area (TPSA) is 78.8 Å². The van der Waals surface area contributed by atoms with Gasteiger partial charge in [-0.2, -0.15) is 0 Å². The highest BCUT2D eigenvalue weighted by Crippen LogP contribution is 2.30. The fraction of sp³-hybridized carbons (Fsp3) is 0.276. The molecule has 1 unspecified atom stereocenters. The van der Waals surface area contributed by atoms with Crippen LogP contribution in [0.5, 0.6) is 5.75 Å². The summed E-state index contributed by atoms with van der Waals surface area (Å²) in [7, 11) is 0. The molecule has 0 saturated carbocycles. The summed E-state index contributed by atoms with van der Waals surface area (Å²) in [6.45, 7) is 2.22. The number of anilines is 2. The molecular formula is C29H30N4O3. The van der Waals surface area contributed by atoms with Crippen molar-refractivity contribution >= 4 is 28.2 Å². The molecule has 0 bridgehead atoms. The molecule has 1 aliphatic heterocycles. The number of aromatic nitrogens is 2. The third-order valence-corrected chi connectivity index (χ3v) is 6.58. The number of amides is 1. The van der Waals surface area contributed by atoms with Crippen molar-refractivity contribution < 1.29 is 14.6 Å². The maximum absolute atomic E-state index is 13.6. The first-order chi connectivity index (χ1) is 17.7. The van der Waals surface area contributed by atoms with E-state index in [1.165, 1.54) is 0 Å². The van der Waals surface area contributed by atoms with Crippen molar-refractivity contribution in [3.05, 3.63) is 91.4 Å². The van der Waals surface area contributed by atoms with Crippen LogP contribution in [0.2, 0.25) is 0 Å². The molecular weight excluding hydrogens is 452 g/mol. The number of para-hydroxylation sites is 1. The monoisotopic (exact) mass is 482 g/mol. The van der Waals surface area contributed by atoms with Gasteiger partial charge in [0.2, 0.25) is 5.91 Å². The van der Waals surface area contributed by atoms with E-state index in [1.807, 2.05) is 72.8 Å². The van der Waals surface area contributed by atoms with E-state index in [0.717, 1.165) is 54.0 Å². The van der Waals surface area contributed by atoms with Crippen LogP contribution < -0.4 is 9.64 Å². The zero-order chi connectivity index (χ0) is 24.7. The van der Waals surface area contributed by atoms with E-state index in [-0.39, 0.29) is 18.4 Å². The maximum Gasteiger partial charge on any atom is 0.234 e. The number of aliphatic hydroxyl groups is 1. The lowest BCUT2D eigenvalue weighted by atomic mass is 9.94. The Labute approximate surface area is 211 Å². The molecule has 1 amide bonds. The molecule has 1 aliphatic rings. The number of β-amino-alcohol motifs (C(OH)–C–C–N with tert-alkyl or cyclic N) is 1. The zero-order valence-corrected chi connectivity index (χ0v) is 20.1. The number of piperidine rings is 1. The van der Waals surface area contributed by atoms with Crippen LogP contribution in [0.3, 0.4) is 0 Å². The second-order valence-electron chi connectivity index (χ2n) is 9.09. The van der Waals surface area contributed by atoms with Crippen molar-refractivity contribution in [3.8, 4) is 5.75 Å². The molecule has 3 heterocycles. The standard InChI is InChI=1S/C29H30N4O3/c34-25(21-36-28-12-4-11-27-26(28)10-6-16-31-27)20-32-17-13-22(14-18-32)29(35)33(23-7-2-1-3-8-23)24-9-5-15-30-19-24/h1-12,15-16,19,22,25,34H,13-14,17-18,20-21H2. The van der Waals surface area contributed by atoms with Gasteiger partial charge in [0.25, 0.3) is 0 Å². The predicted octanol–water partition coefficient (Wildman–Crippen LogP) is 4.45. The van der Waals surface area contributed by atoms with E-state index in [9.17, 15) is 9.90 Å². The molecule has 2 aromatic heterocycles. The smallest absolute Gasteiger partial charge is 0.234 e. The van der Waals surface area contributed by atoms with Gasteiger partial charge < -0.3 is 14.7 Å². The number of nitrogens with zero attached hydrogens (tertiary/aromatic N) is 4. The predicted molar refractivity (Wildman–Crippen MR) is 140 cm³/mol. The SMILES string of the molecule is O=C(C1CCN(CC(O)COc2cccc3ncccc23)CC1)N(c1ccccc1)c1cccnc1. The second kappa shape index (κ2) is 11.3. The average Bonchev–Trinajstić information content (AvgIpc) is 2.93. The van der Waals surface area contributed by atoms with Crippen LogP contribution in [0.1, 0.15) is 12.8 Å². The average molecular weight is 483 g/mol. The Morgan fingerprint density at radius 3 is 2.53 bits per heavy atom. The second-order valence-corrected chi connectivity index (χ2v) is 9.09. The Hall–Kier alpha value is -3.81. The maximum atomic E-state index is 13.6. The van der Waals surface area contributed by atoms with Crippen LogP contribution in [0.25, 0.3) is 10.9 Å². The van der Waals surface area contributed by atoms with Gasteiger partial charge in [0.1, 0.15) is 18.5 Å². The Balaban J connectivity index is 1.16. The summed E-state index contributed by atoms with van der Waals surface area (Å²) in [5, 5.41) is 11.6. The van der Waals surface area contributed by atoms with Gasteiger partial charge in [-0.15, -0.1) is 0 Å². The van der Waals surface area contributed by atoms with Gasteiger partial charge in [-0.3, -0.25) is 19.7 Å². The van der Waals surface area contributed by atoms with E-state index in [2.05, 4.69) is 14.9 Å². The number of carbonyl (C=O) groups is 1. The number of fused-ring (bicyclic) bond motifs is 1. The first-order valence-electron chi connectivity index (χ1n) is 12.3. The molecule has 0 spiro atoms. The lowest BCUT2D eigenvalue weighted by Gasteiger charge is -2.35. The lowest BCUT2D eigenvalue weighted by molar-refractivity contribution is -0.123. The number of benzene rings is 2. The van der Waals surface area contributed by atoms with Crippen molar-refractivity contribution in [3.63, 3.8) is 0 Å². The van der Waals surface area contributed by atoms with E-state index in [0.29, 0.717) is 6.54 Å². The van der Waals surface area contributed by atoms with Crippen LogP contribution in [0, 0.1) is 5.92 Å². The van der Waals surface area contributed by atoms with Crippen molar-refractivity contribution in [2.45, 2.75) is 18.9 Å². The summed E-state index contributed by atoms with van der Waals surface area (Å²) in [5.41, 5.74) is 2.48. The number of hydrogen-bond donors (Lipinski definition) is 1. The number of ether oxygens (including phenoxy) is 1. The normalized spacial score (nSPS) is 15.5. The fourth-order valence-corrected chi connectivity index (χ4v) is 4.75. The Morgan fingerprint density at radius 1 is 0.972 bits per heavy atom. The van der Waals surface area contributed by atoms with Crippen molar-refractivity contribution in [2.24, 2.45) is 5.92 Å². The summed E-state index contributed by atoms with van der Waals surface area (Å²) in [4.78, 5) is 26.1. The first-order valence-corrected chi connectivity index (χ1v) is 12.3.